The average molecular weight is 409 g/mol. The van der Waals surface area contributed by atoms with E-state index in [1.54, 1.807) is 0 Å². The minimum atomic E-state index is -4.39. The topological polar surface area (TPSA) is 107 Å². The van der Waals surface area contributed by atoms with Crippen LogP contribution in [-0.4, -0.2) is 32.1 Å². The Morgan fingerprint density at radius 1 is 0.815 bits per heavy atom. The molecule has 0 radical (unpaired) electrons. The fourth-order valence-electron chi connectivity index (χ4n) is 2.62. The summed E-state index contributed by atoms with van der Waals surface area (Å²) in [4.78, 5) is 21.5. The summed E-state index contributed by atoms with van der Waals surface area (Å²) >= 11 is 0. The minimum absolute atomic E-state index is 0.0373. The van der Waals surface area contributed by atoms with E-state index in [0.717, 1.165) is 25.2 Å². The van der Waals surface area contributed by atoms with Crippen LogP contribution in [0.4, 0.5) is 0 Å². The molecule has 0 rings (SSSR count). The molecule has 0 atom stereocenters. The first-order chi connectivity index (χ1) is 12.7. The van der Waals surface area contributed by atoms with Crippen molar-refractivity contribution in [2.45, 2.75) is 97.3 Å². The molecule has 0 amide bonds. The molecule has 0 aliphatic carbocycles. The Bertz CT molecular complexity index is 500. The first kappa shape index (κ1) is 25.9. The molecule has 1 N–H and O–H groups in total. The van der Waals surface area contributed by atoms with Crippen LogP contribution in [0.2, 0.25) is 0 Å². The van der Waals surface area contributed by atoms with Crippen molar-refractivity contribution in [2.75, 3.05) is 6.61 Å². The molecule has 0 aliphatic rings. The zero-order valence-corrected chi connectivity index (χ0v) is 17.6. The lowest BCUT2D eigenvalue weighted by Crippen LogP contribution is -2.17. The average Bonchev–Trinajstić information content (AvgIpc) is 2.56. The molecule has 0 aromatic rings. The van der Waals surface area contributed by atoms with Gasteiger partial charge in [0.05, 0.1) is 19.4 Å². The number of carbonyl (C=O) groups excluding carboxylic acids is 1. The molecule has 8 heteroatoms. The standard InChI is InChI=1S/C19H36O7S/c1-17(2)13-11-9-7-5-3-4-6-8-10-12-16-25-27(23,24)26-19(22)15-14-18(20)21/h17H,3-16H2,1-2H3,(H,20,21). The fourth-order valence-corrected chi connectivity index (χ4v) is 3.30. The zero-order chi connectivity index (χ0) is 20.5. The predicted molar refractivity (Wildman–Crippen MR) is 103 cm³/mol. The van der Waals surface area contributed by atoms with E-state index in [0.29, 0.717) is 6.42 Å². The Labute approximate surface area is 164 Å². The maximum atomic E-state index is 11.4. The molecule has 0 aliphatic heterocycles. The predicted octanol–water partition coefficient (Wildman–Crippen LogP) is 4.60. The number of carboxylic acids is 1. The van der Waals surface area contributed by atoms with Crippen molar-refractivity contribution in [1.29, 1.82) is 0 Å². The van der Waals surface area contributed by atoms with Crippen LogP contribution in [0, 0.1) is 5.92 Å². The second-order valence-electron chi connectivity index (χ2n) is 7.30. The van der Waals surface area contributed by atoms with Crippen LogP contribution in [-0.2, 0) is 28.4 Å². The van der Waals surface area contributed by atoms with E-state index < -0.39 is 35.2 Å². The normalized spacial score (nSPS) is 11.7. The van der Waals surface area contributed by atoms with E-state index in [9.17, 15) is 18.0 Å². The van der Waals surface area contributed by atoms with Gasteiger partial charge in [-0.3, -0.25) is 9.59 Å². The highest BCUT2D eigenvalue weighted by Crippen LogP contribution is 2.13. The molecule has 0 saturated carbocycles. The van der Waals surface area contributed by atoms with Gasteiger partial charge in [-0.1, -0.05) is 78.1 Å². The van der Waals surface area contributed by atoms with E-state index in [4.69, 9.17) is 5.11 Å². The number of carboxylic acid groups (broad SMARTS) is 1. The molecule has 0 bridgehead atoms. The van der Waals surface area contributed by atoms with Crippen molar-refractivity contribution in [2.24, 2.45) is 5.92 Å². The lowest BCUT2D eigenvalue weighted by atomic mass is 10.0. The van der Waals surface area contributed by atoms with Gasteiger partial charge in [0.15, 0.2) is 0 Å². The van der Waals surface area contributed by atoms with Gasteiger partial charge in [0.1, 0.15) is 0 Å². The molecule has 0 spiro atoms. The van der Waals surface area contributed by atoms with Gasteiger partial charge in [0.2, 0.25) is 0 Å². The number of unbranched alkanes of at least 4 members (excludes halogenated alkanes) is 9. The first-order valence-electron chi connectivity index (χ1n) is 10.1. The summed E-state index contributed by atoms with van der Waals surface area (Å²) in [6.07, 6.45) is 11.6. The fraction of sp³-hybridized carbons (Fsp3) is 0.895. The second-order valence-corrected chi connectivity index (χ2v) is 8.52. The summed E-state index contributed by atoms with van der Waals surface area (Å²) in [7, 11) is -4.39. The van der Waals surface area contributed by atoms with E-state index >= 15 is 0 Å². The molecule has 0 saturated heterocycles. The van der Waals surface area contributed by atoms with E-state index in [2.05, 4.69) is 22.2 Å². The number of rotatable bonds is 18. The van der Waals surface area contributed by atoms with E-state index in [1.807, 2.05) is 0 Å². The summed E-state index contributed by atoms with van der Waals surface area (Å²) < 4.78 is 31.5. The van der Waals surface area contributed by atoms with Crippen LogP contribution < -0.4 is 0 Å². The summed E-state index contributed by atoms with van der Waals surface area (Å²) in [6, 6.07) is 0. The molecule has 160 valence electrons. The minimum Gasteiger partial charge on any atom is -0.481 e. The van der Waals surface area contributed by atoms with Crippen molar-refractivity contribution >= 4 is 22.3 Å². The van der Waals surface area contributed by atoms with Crippen molar-refractivity contribution in [3.8, 4) is 0 Å². The van der Waals surface area contributed by atoms with Crippen LogP contribution >= 0.6 is 0 Å². The lowest BCUT2D eigenvalue weighted by Gasteiger charge is -2.06. The molecule has 0 heterocycles. The molecule has 0 fully saturated rings. The third-order valence-electron chi connectivity index (χ3n) is 4.14. The van der Waals surface area contributed by atoms with Crippen LogP contribution in [0.25, 0.3) is 0 Å². The number of hydrogen-bond donors (Lipinski definition) is 1. The Balaban J connectivity index is 3.47. The molecule has 0 aromatic heterocycles. The molecular formula is C19H36O7S. The lowest BCUT2D eigenvalue weighted by molar-refractivity contribution is -0.142. The second kappa shape index (κ2) is 15.9. The molecule has 0 unspecified atom stereocenters. The number of hydrogen-bond acceptors (Lipinski definition) is 6. The maximum Gasteiger partial charge on any atom is 0.451 e. The van der Waals surface area contributed by atoms with Crippen LogP contribution in [0.15, 0.2) is 0 Å². The Kier molecular flexibility index (Phi) is 15.2. The van der Waals surface area contributed by atoms with Gasteiger partial charge in [-0.2, -0.15) is 8.42 Å². The third kappa shape index (κ3) is 19.4. The SMILES string of the molecule is CC(C)CCCCCCCCCCCCOS(=O)(=O)OC(=O)CCC(=O)O. The van der Waals surface area contributed by atoms with Crippen molar-refractivity contribution < 1.29 is 31.5 Å². The van der Waals surface area contributed by atoms with Crippen LogP contribution in [0.1, 0.15) is 97.3 Å². The highest BCUT2D eigenvalue weighted by molar-refractivity contribution is 7.82. The summed E-state index contributed by atoms with van der Waals surface area (Å²) in [5.41, 5.74) is 0. The monoisotopic (exact) mass is 408 g/mol. The third-order valence-corrected chi connectivity index (χ3v) is 4.99. The summed E-state index contributed by atoms with van der Waals surface area (Å²) in [5.74, 6) is -1.52. The van der Waals surface area contributed by atoms with Crippen LogP contribution in [0.5, 0.6) is 0 Å². The Hall–Kier alpha value is -1.15. The quantitative estimate of drug-likeness (QED) is 0.330. The smallest absolute Gasteiger partial charge is 0.451 e. The number of aliphatic carboxylic acids is 1. The van der Waals surface area contributed by atoms with Gasteiger partial charge >= 0.3 is 22.3 Å². The van der Waals surface area contributed by atoms with Gasteiger partial charge in [-0.15, -0.1) is 0 Å². The van der Waals surface area contributed by atoms with Gasteiger partial charge in [-0.25, -0.2) is 4.18 Å². The van der Waals surface area contributed by atoms with Crippen LogP contribution in [0.3, 0.4) is 0 Å². The van der Waals surface area contributed by atoms with Gasteiger partial charge < -0.3 is 9.29 Å². The van der Waals surface area contributed by atoms with E-state index in [1.165, 1.54) is 44.9 Å². The van der Waals surface area contributed by atoms with Gasteiger partial charge in [0, 0.05) is 0 Å². The van der Waals surface area contributed by atoms with Crippen molar-refractivity contribution in [3.63, 3.8) is 0 Å². The maximum absolute atomic E-state index is 11.4. The largest absolute Gasteiger partial charge is 0.481 e. The highest BCUT2D eigenvalue weighted by atomic mass is 32.3. The van der Waals surface area contributed by atoms with Crippen molar-refractivity contribution in [1.82, 2.24) is 0 Å². The molecule has 27 heavy (non-hydrogen) atoms. The van der Waals surface area contributed by atoms with E-state index in [-0.39, 0.29) is 6.61 Å². The molecular weight excluding hydrogens is 372 g/mol. The Morgan fingerprint density at radius 3 is 1.78 bits per heavy atom. The number of carbonyl (C=O) groups is 2. The van der Waals surface area contributed by atoms with Gasteiger partial charge in [0.25, 0.3) is 0 Å². The van der Waals surface area contributed by atoms with Gasteiger partial charge in [-0.05, 0) is 12.3 Å². The summed E-state index contributed by atoms with van der Waals surface area (Å²) in [5, 5.41) is 8.42. The van der Waals surface area contributed by atoms with Crippen molar-refractivity contribution in [3.05, 3.63) is 0 Å². The molecule has 7 nitrogen and oxygen atoms in total. The summed E-state index contributed by atoms with van der Waals surface area (Å²) in [6.45, 7) is 4.48. The Morgan fingerprint density at radius 2 is 1.30 bits per heavy atom. The highest BCUT2D eigenvalue weighted by Gasteiger charge is 2.18. The zero-order valence-electron chi connectivity index (χ0n) is 16.8. The first-order valence-corrected chi connectivity index (χ1v) is 11.4. The molecule has 0 aromatic carbocycles.